The molecule has 170 valence electrons. The van der Waals surface area contributed by atoms with E-state index in [4.69, 9.17) is 9.72 Å². The summed E-state index contributed by atoms with van der Waals surface area (Å²) in [4.78, 5) is 44.6. The van der Waals surface area contributed by atoms with Crippen LogP contribution in [0.4, 0.5) is 0 Å². The number of aromatic nitrogens is 2. The number of methoxy groups -OCH3 is 1. The molecule has 0 atom stereocenters. The molecule has 1 aromatic heterocycles. The zero-order valence-electron chi connectivity index (χ0n) is 18.4. The van der Waals surface area contributed by atoms with Crippen molar-refractivity contribution in [2.24, 2.45) is 0 Å². The van der Waals surface area contributed by atoms with Crippen LogP contribution in [0.15, 0.2) is 82.7 Å². The van der Waals surface area contributed by atoms with E-state index in [1.165, 1.54) is 16.7 Å². The van der Waals surface area contributed by atoms with Gasteiger partial charge in [-0.15, -0.1) is 0 Å². The Bertz CT molecular complexity index is 1430. The molecular weight excluding hydrogens is 450 g/mol. The van der Waals surface area contributed by atoms with Gasteiger partial charge in [0.25, 0.3) is 17.4 Å². The summed E-state index contributed by atoms with van der Waals surface area (Å²) in [6.45, 7) is 0.568. The van der Waals surface area contributed by atoms with Gasteiger partial charge in [0, 0.05) is 12.3 Å². The van der Waals surface area contributed by atoms with Gasteiger partial charge < -0.3 is 4.74 Å². The van der Waals surface area contributed by atoms with Gasteiger partial charge in [-0.2, -0.15) is 0 Å². The van der Waals surface area contributed by atoms with Gasteiger partial charge in [0.2, 0.25) is 0 Å². The second-order valence-corrected chi connectivity index (χ2v) is 8.87. The van der Waals surface area contributed by atoms with E-state index >= 15 is 0 Å². The highest BCUT2D eigenvalue weighted by Gasteiger charge is 2.34. The van der Waals surface area contributed by atoms with Gasteiger partial charge in [-0.3, -0.25) is 23.9 Å². The molecule has 8 heteroatoms. The molecule has 4 aromatic rings. The first kappa shape index (κ1) is 21.9. The van der Waals surface area contributed by atoms with Crippen LogP contribution >= 0.6 is 11.8 Å². The highest BCUT2D eigenvalue weighted by atomic mass is 32.2. The molecule has 0 aliphatic carbocycles. The van der Waals surface area contributed by atoms with Crippen LogP contribution in [-0.4, -0.2) is 45.7 Å². The number of nitrogens with zero attached hydrogens (tertiary/aromatic N) is 3. The van der Waals surface area contributed by atoms with Gasteiger partial charge in [-0.05, 0) is 42.0 Å². The van der Waals surface area contributed by atoms with Gasteiger partial charge in [0.15, 0.2) is 5.16 Å². The largest absolute Gasteiger partial charge is 0.497 e. The third-order valence-corrected chi connectivity index (χ3v) is 6.71. The second-order valence-electron chi connectivity index (χ2n) is 7.81. The van der Waals surface area contributed by atoms with Gasteiger partial charge in [0.05, 0.1) is 35.7 Å². The quantitative estimate of drug-likeness (QED) is 0.231. The minimum Gasteiger partial charge on any atom is -0.497 e. The molecule has 0 spiro atoms. The number of carbonyl (C=O) groups excluding carboxylic acids is 2. The molecule has 0 saturated carbocycles. The van der Waals surface area contributed by atoms with Gasteiger partial charge >= 0.3 is 0 Å². The van der Waals surface area contributed by atoms with Crippen molar-refractivity contribution in [2.75, 3.05) is 19.4 Å². The van der Waals surface area contributed by atoms with Crippen molar-refractivity contribution in [1.29, 1.82) is 0 Å². The second kappa shape index (κ2) is 9.15. The fraction of sp³-hybridized carbons (Fsp3) is 0.154. The van der Waals surface area contributed by atoms with Crippen LogP contribution < -0.4 is 10.3 Å². The molecule has 0 saturated heterocycles. The summed E-state index contributed by atoms with van der Waals surface area (Å²) in [5.41, 5.74) is 2.27. The van der Waals surface area contributed by atoms with E-state index in [1.807, 2.05) is 42.5 Å². The van der Waals surface area contributed by atoms with E-state index in [0.29, 0.717) is 39.5 Å². The minimum absolute atomic E-state index is 0.135. The molecule has 5 rings (SSSR count). The normalized spacial score (nSPS) is 12.9. The number of thioether (sulfide) groups is 1. The Hall–Kier alpha value is -3.91. The third-order valence-electron chi connectivity index (χ3n) is 5.75. The zero-order valence-corrected chi connectivity index (χ0v) is 19.2. The molecule has 1 aliphatic heterocycles. The Labute approximate surface area is 200 Å². The lowest BCUT2D eigenvalue weighted by molar-refractivity contribution is 0.0664. The van der Waals surface area contributed by atoms with Crippen LogP contribution in [0.3, 0.4) is 0 Å². The number of benzene rings is 3. The Morgan fingerprint density at radius 1 is 0.853 bits per heavy atom. The predicted molar refractivity (Wildman–Crippen MR) is 131 cm³/mol. The smallest absolute Gasteiger partial charge is 0.262 e. The lowest BCUT2D eigenvalue weighted by Crippen LogP contribution is -2.32. The Kier molecular flexibility index (Phi) is 5.90. The van der Waals surface area contributed by atoms with Crippen LogP contribution in [0.5, 0.6) is 5.75 Å². The van der Waals surface area contributed by atoms with Crippen molar-refractivity contribution in [3.63, 3.8) is 0 Å². The topological polar surface area (TPSA) is 81.5 Å². The van der Waals surface area contributed by atoms with Crippen LogP contribution in [-0.2, 0) is 6.54 Å². The Balaban J connectivity index is 1.41. The highest BCUT2D eigenvalue weighted by Crippen LogP contribution is 2.24. The standard InChI is InChI=1S/C26H21N3O4S/c1-33-18-12-10-17(11-13-18)16-29-25(32)21-8-4-5-9-22(21)27-26(29)34-15-14-28-23(30)19-6-2-3-7-20(19)24(28)31/h2-13H,14-16H2,1H3. The summed E-state index contributed by atoms with van der Waals surface area (Å²) in [7, 11) is 1.61. The van der Waals surface area contributed by atoms with Gasteiger partial charge in [0.1, 0.15) is 5.75 Å². The number of hydrogen-bond donors (Lipinski definition) is 0. The van der Waals surface area contributed by atoms with Crippen molar-refractivity contribution in [3.05, 3.63) is 99.8 Å². The fourth-order valence-electron chi connectivity index (χ4n) is 3.98. The summed E-state index contributed by atoms with van der Waals surface area (Å²) in [5, 5.41) is 1.08. The van der Waals surface area contributed by atoms with Crippen LogP contribution in [0.1, 0.15) is 26.3 Å². The van der Waals surface area contributed by atoms with Gasteiger partial charge in [-0.1, -0.05) is 48.2 Å². The number of para-hydroxylation sites is 1. The predicted octanol–water partition coefficient (Wildman–Crippen LogP) is 3.84. The van der Waals surface area contributed by atoms with Crippen molar-refractivity contribution in [3.8, 4) is 5.75 Å². The number of hydrogen-bond acceptors (Lipinski definition) is 6. The highest BCUT2D eigenvalue weighted by molar-refractivity contribution is 7.99. The van der Waals surface area contributed by atoms with Crippen molar-refractivity contribution in [1.82, 2.24) is 14.5 Å². The summed E-state index contributed by atoms with van der Waals surface area (Å²) in [6.07, 6.45) is 0. The fourth-order valence-corrected chi connectivity index (χ4v) is 4.90. The maximum atomic E-state index is 13.3. The Morgan fingerprint density at radius 3 is 2.18 bits per heavy atom. The molecule has 0 N–H and O–H groups in total. The van der Waals surface area contributed by atoms with E-state index in [2.05, 4.69) is 0 Å². The molecule has 2 amide bonds. The summed E-state index contributed by atoms with van der Waals surface area (Å²) in [6, 6.07) is 21.6. The molecule has 7 nitrogen and oxygen atoms in total. The number of rotatable bonds is 7. The number of ether oxygens (including phenoxy) is 1. The summed E-state index contributed by atoms with van der Waals surface area (Å²) in [5.74, 6) is 0.577. The number of carbonyl (C=O) groups is 2. The molecule has 0 radical (unpaired) electrons. The molecule has 0 fully saturated rings. The molecule has 0 unspecified atom stereocenters. The van der Waals surface area contributed by atoms with E-state index in [1.54, 1.807) is 42.0 Å². The van der Waals surface area contributed by atoms with Gasteiger partial charge in [-0.25, -0.2) is 4.98 Å². The summed E-state index contributed by atoms with van der Waals surface area (Å²) < 4.78 is 6.86. The SMILES string of the molecule is COc1ccc(Cn2c(SCCN3C(=O)c4ccccc4C3=O)nc3ccccc3c2=O)cc1. The van der Waals surface area contributed by atoms with Crippen molar-refractivity contribution < 1.29 is 14.3 Å². The molecule has 0 bridgehead atoms. The number of imide groups is 1. The van der Waals surface area contributed by atoms with Crippen LogP contribution in [0.2, 0.25) is 0 Å². The van der Waals surface area contributed by atoms with Crippen LogP contribution in [0.25, 0.3) is 10.9 Å². The maximum Gasteiger partial charge on any atom is 0.262 e. The van der Waals surface area contributed by atoms with Crippen molar-refractivity contribution >= 4 is 34.5 Å². The third kappa shape index (κ3) is 3.97. The van der Waals surface area contributed by atoms with E-state index in [9.17, 15) is 14.4 Å². The molecule has 3 aromatic carbocycles. The zero-order chi connectivity index (χ0) is 23.7. The average Bonchev–Trinajstić information content (AvgIpc) is 3.11. The number of amides is 2. The van der Waals surface area contributed by atoms with Crippen molar-refractivity contribution in [2.45, 2.75) is 11.7 Å². The molecule has 2 heterocycles. The van der Waals surface area contributed by atoms with E-state index in [-0.39, 0.29) is 23.9 Å². The monoisotopic (exact) mass is 471 g/mol. The average molecular weight is 472 g/mol. The minimum atomic E-state index is -0.289. The molecule has 34 heavy (non-hydrogen) atoms. The summed E-state index contributed by atoms with van der Waals surface area (Å²) >= 11 is 1.35. The lowest BCUT2D eigenvalue weighted by atomic mass is 10.1. The van der Waals surface area contributed by atoms with E-state index in [0.717, 1.165) is 11.3 Å². The first-order valence-electron chi connectivity index (χ1n) is 10.8. The van der Waals surface area contributed by atoms with E-state index < -0.39 is 0 Å². The first-order chi connectivity index (χ1) is 16.6. The first-order valence-corrected chi connectivity index (χ1v) is 11.8. The molecule has 1 aliphatic rings. The maximum absolute atomic E-state index is 13.3. The van der Waals surface area contributed by atoms with Crippen LogP contribution in [0, 0.1) is 0 Å². The Morgan fingerprint density at radius 2 is 1.50 bits per heavy atom. The molecular formula is C26H21N3O4S. The number of fused-ring (bicyclic) bond motifs is 2. The lowest BCUT2D eigenvalue weighted by Gasteiger charge is -2.16.